The van der Waals surface area contributed by atoms with Crippen LogP contribution in [0.5, 0.6) is 0 Å². The molecule has 2 amide bonds. The van der Waals surface area contributed by atoms with E-state index in [1.807, 2.05) is 65.8 Å². The lowest BCUT2D eigenvalue weighted by Crippen LogP contribution is -2.40. The van der Waals surface area contributed by atoms with E-state index < -0.39 is 23.4 Å². The molecule has 180 valence electrons. The molecule has 0 aliphatic rings. The Labute approximate surface area is 191 Å². The number of anilines is 1. The molecule has 0 atom stereocenters. The van der Waals surface area contributed by atoms with Gasteiger partial charge in [-0.1, -0.05) is 12.1 Å². The lowest BCUT2D eigenvalue weighted by atomic mass is 10.1. The zero-order valence-electron chi connectivity index (χ0n) is 20.4. The van der Waals surface area contributed by atoms with Gasteiger partial charge < -0.3 is 25.4 Å². The van der Waals surface area contributed by atoms with Crippen LogP contribution in [0.15, 0.2) is 29.3 Å². The van der Waals surface area contributed by atoms with E-state index in [9.17, 15) is 9.59 Å². The van der Waals surface area contributed by atoms with Crippen molar-refractivity contribution in [2.24, 2.45) is 4.99 Å². The van der Waals surface area contributed by atoms with Gasteiger partial charge in [-0.25, -0.2) is 9.59 Å². The van der Waals surface area contributed by atoms with E-state index in [1.54, 1.807) is 7.05 Å². The molecule has 0 spiro atoms. The van der Waals surface area contributed by atoms with Crippen LogP contribution in [0.1, 0.15) is 53.5 Å². The molecule has 1 rings (SSSR count). The number of carbonyl (C=O) groups excluding carboxylic acids is 2. The van der Waals surface area contributed by atoms with Crippen LogP contribution in [0.4, 0.5) is 15.3 Å². The minimum Gasteiger partial charge on any atom is -0.444 e. The van der Waals surface area contributed by atoms with Gasteiger partial charge in [0, 0.05) is 32.4 Å². The summed E-state index contributed by atoms with van der Waals surface area (Å²) in [6.45, 7) is 12.9. The van der Waals surface area contributed by atoms with Crippen molar-refractivity contribution < 1.29 is 19.1 Å². The first-order valence-electron chi connectivity index (χ1n) is 10.9. The van der Waals surface area contributed by atoms with E-state index in [1.165, 1.54) is 0 Å². The van der Waals surface area contributed by atoms with Gasteiger partial charge >= 0.3 is 12.2 Å². The molecule has 9 nitrogen and oxygen atoms in total. The van der Waals surface area contributed by atoms with Gasteiger partial charge in [-0.15, -0.1) is 0 Å². The Bertz CT molecular complexity index is 749. The average molecular weight is 450 g/mol. The van der Waals surface area contributed by atoms with Gasteiger partial charge in [0.25, 0.3) is 0 Å². The van der Waals surface area contributed by atoms with E-state index in [0.29, 0.717) is 31.3 Å². The third kappa shape index (κ3) is 13.4. The fourth-order valence-electron chi connectivity index (χ4n) is 2.52. The molecule has 0 aromatic heterocycles. The smallest absolute Gasteiger partial charge is 0.412 e. The number of nitrogens with zero attached hydrogens (tertiary/aromatic N) is 1. The Morgan fingerprint density at radius 1 is 0.812 bits per heavy atom. The van der Waals surface area contributed by atoms with Crippen molar-refractivity contribution in [2.75, 3.05) is 32.0 Å². The first-order valence-corrected chi connectivity index (χ1v) is 10.9. The number of carbonyl (C=O) groups is 2. The van der Waals surface area contributed by atoms with Crippen LogP contribution in [0.3, 0.4) is 0 Å². The van der Waals surface area contributed by atoms with E-state index in [2.05, 4.69) is 26.3 Å². The number of benzene rings is 1. The summed E-state index contributed by atoms with van der Waals surface area (Å²) in [6.07, 6.45) is 0.662. The monoisotopic (exact) mass is 449 g/mol. The number of hydrogen-bond donors (Lipinski definition) is 4. The second-order valence-corrected chi connectivity index (χ2v) is 9.28. The first-order chi connectivity index (χ1) is 14.9. The van der Waals surface area contributed by atoms with Gasteiger partial charge in [-0.3, -0.25) is 10.3 Å². The van der Waals surface area contributed by atoms with Crippen LogP contribution in [0.25, 0.3) is 0 Å². The maximum absolute atomic E-state index is 11.8. The number of ether oxygens (including phenoxy) is 2. The zero-order valence-corrected chi connectivity index (χ0v) is 20.4. The second-order valence-electron chi connectivity index (χ2n) is 9.28. The summed E-state index contributed by atoms with van der Waals surface area (Å²) in [5, 5.41) is 11.9. The maximum Gasteiger partial charge on any atom is 0.412 e. The molecule has 1 aromatic carbocycles. The molecule has 9 heteroatoms. The Balaban J connectivity index is 2.26. The lowest BCUT2D eigenvalue weighted by Gasteiger charge is -2.19. The number of aliphatic imine (C=N–C) groups is 1. The van der Waals surface area contributed by atoms with Crippen LogP contribution in [-0.2, 0) is 15.9 Å². The van der Waals surface area contributed by atoms with E-state index in [-0.39, 0.29) is 0 Å². The number of nitrogens with one attached hydrogen (secondary N) is 4. The van der Waals surface area contributed by atoms with Crippen molar-refractivity contribution in [3.8, 4) is 0 Å². The van der Waals surface area contributed by atoms with Crippen molar-refractivity contribution in [1.29, 1.82) is 0 Å². The molecule has 0 unspecified atom stereocenters. The zero-order chi connectivity index (χ0) is 24.2. The van der Waals surface area contributed by atoms with Gasteiger partial charge in [-0.2, -0.15) is 0 Å². The molecular formula is C23H39N5O4. The van der Waals surface area contributed by atoms with Gasteiger partial charge in [0.2, 0.25) is 0 Å². The van der Waals surface area contributed by atoms with E-state index in [0.717, 1.165) is 18.4 Å². The SMILES string of the molecule is CN=C(NCCCNC(=O)OC(C)(C)C)NCCc1ccc(NC(=O)OC(C)(C)C)cc1. The Morgan fingerprint density at radius 3 is 1.91 bits per heavy atom. The molecule has 0 bridgehead atoms. The quantitative estimate of drug-likeness (QED) is 0.274. The Hall–Kier alpha value is -2.97. The third-order valence-electron chi connectivity index (χ3n) is 3.84. The van der Waals surface area contributed by atoms with E-state index >= 15 is 0 Å². The summed E-state index contributed by atoms with van der Waals surface area (Å²) in [4.78, 5) is 27.6. The fourth-order valence-corrected chi connectivity index (χ4v) is 2.52. The summed E-state index contributed by atoms with van der Waals surface area (Å²) in [5.41, 5.74) is 0.790. The highest BCUT2D eigenvalue weighted by molar-refractivity contribution is 5.84. The molecule has 0 radical (unpaired) electrons. The average Bonchev–Trinajstić information content (AvgIpc) is 2.64. The number of hydrogen-bond acceptors (Lipinski definition) is 5. The molecule has 0 aliphatic heterocycles. The molecule has 4 N–H and O–H groups in total. The minimum absolute atomic E-state index is 0.410. The molecule has 32 heavy (non-hydrogen) atoms. The summed E-state index contributed by atoms with van der Waals surface area (Å²) in [6, 6.07) is 7.63. The van der Waals surface area contributed by atoms with E-state index in [4.69, 9.17) is 9.47 Å². The standard InChI is InChI=1S/C23H39N5O4/c1-22(2,3)31-20(29)27-15-8-14-25-19(24-7)26-16-13-17-9-11-18(12-10-17)28-21(30)32-23(4,5)6/h9-12H,8,13-16H2,1-7H3,(H,27,29)(H,28,30)(H2,24,25,26). The maximum atomic E-state index is 11.8. The predicted octanol–water partition coefficient (Wildman–Crippen LogP) is 3.66. The second kappa shape index (κ2) is 12.8. The van der Waals surface area contributed by atoms with Crippen LogP contribution >= 0.6 is 0 Å². The van der Waals surface area contributed by atoms with Crippen molar-refractivity contribution in [1.82, 2.24) is 16.0 Å². The Morgan fingerprint density at radius 2 is 1.34 bits per heavy atom. The highest BCUT2D eigenvalue weighted by atomic mass is 16.6. The Kier molecular flexibility index (Phi) is 10.8. The summed E-state index contributed by atoms with van der Waals surface area (Å²) < 4.78 is 10.4. The summed E-state index contributed by atoms with van der Waals surface area (Å²) >= 11 is 0. The number of alkyl carbamates (subject to hydrolysis) is 1. The van der Waals surface area contributed by atoms with Crippen molar-refractivity contribution in [3.63, 3.8) is 0 Å². The molecule has 0 saturated heterocycles. The van der Waals surface area contributed by atoms with Crippen LogP contribution in [0.2, 0.25) is 0 Å². The molecule has 1 aromatic rings. The number of guanidine groups is 1. The molecule has 0 aliphatic carbocycles. The van der Waals surface area contributed by atoms with Crippen molar-refractivity contribution in [3.05, 3.63) is 29.8 Å². The third-order valence-corrected chi connectivity index (χ3v) is 3.84. The highest BCUT2D eigenvalue weighted by Gasteiger charge is 2.16. The molecular weight excluding hydrogens is 410 g/mol. The number of amides is 2. The molecule has 0 saturated carbocycles. The highest BCUT2D eigenvalue weighted by Crippen LogP contribution is 2.13. The van der Waals surface area contributed by atoms with Gasteiger partial charge in [0.05, 0.1) is 0 Å². The van der Waals surface area contributed by atoms with Crippen molar-refractivity contribution >= 4 is 23.8 Å². The van der Waals surface area contributed by atoms with Gasteiger partial charge in [0.1, 0.15) is 11.2 Å². The van der Waals surface area contributed by atoms with Crippen LogP contribution in [0, 0.1) is 0 Å². The van der Waals surface area contributed by atoms with Crippen molar-refractivity contribution in [2.45, 2.75) is 65.6 Å². The largest absolute Gasteiger partial charge is 0.444 e. The molecule has 0 heterocycles. The van der Waals surface area contributed by atoms with Gasteiger partial charge in [-0.05, 0) is 72.1 Å². The van der Waals surface area contributed by atoms with Crippen LogP contribution < -0.4 is 21.3 Å². The van der Waals surface area contributed by atoms with Gasteiger partial charge in [0.15, 0.2) is 5.96 Å². The topological polar surface area (TPSA) is 113 Å². The summed E-state index contributed by atoms with van der Waals surface area (Å²) in [5.74, 6) is 0.700. The lowest BCUT2D eigenvalue weighted by molar-refractivity contribution is 0.0526. The summed E-state index contributed by atoms with van der Waals surface area (Å²) in [7, 11) is 1.71. The number of rotatable bonds is 8. The normalized spacial score (nSPS) is 12.0. The fraction of sp³-hybridized carbons (Fsp3) is 0.609. The predicted molar refractivity (Wildman–Crippen MR) is 128 cm³/mol. The first kappa shape index (κ1) is 27.1. The minimum atomic E-state index is -0.531. The molecule has 0 fully saturated rings. The van der Waals surface area contributed by atoms with Crippen LogP contribution in [-0.4, -0.2) is 56.0 Å².